The highest BCUT2D eigenvalue weighted by Gasteiger charge is 2.35. The molecule has 2 rings (SSSR count). The number of hydrogen-bond donors (Lipinski definition) is 2. The molecule has 9 heteroatoms. The molecule has 1 aromatic carbocycles. The number of hydrogen-bond acceptors (Lipinski definition) is 3. The first-order chi connectivity index (χ1) is 10.1. The third-order valence-corrected chi connectivity index (χ3v) is 5.46. The molecule has 0 spiro atoms. The van der Waals surface area contributed by atoms with Gasteiger partial charge in [0.15, 0.2) is 0 Å². The molecule has 0 aromatic heterocycles. The summed E-state index contributed by atoms with van der Waals surface area (Å²) >= 11 is 5.50. The molecular formula is C13H16ClF3N2O2S. The fraction of sp³-hybridized carbons (Fsp3) is 0.538. The van der Waals surface area contributed by atoms with Crippen molar-refractivity contribution in [2.45, 2.75) is 30.5 Å². The Morgan fingerprint density at radius 1 is 1.36 bits per heavy atom. The zero-order valence-electron chi connectivity index (χ0n) is 11.7. The van der Waals surface area contributed by atoms with Crippen LogP contribution in [0, 0.1) is 5.92 Å². The van der Waals surface area contributed by atoms with Gasteiger partial charge in [-0.2, -0.15) is 13.2 Å². The summed E-state index contributed by atoms with van der Waals surface area (Å²) in [4.78, 5) is -0.435. The van der Waals surface area contributed by atoms with Gasteiger partial charge in [-0.05, 0) is 43.6 Å². The molecule has 0 saturated carbocycles. The average Bonchev–Trinajstić information content (AvgIpc) is 2.40. The minimum Gasteiger partial charge on any atom is -0.316 e. The van der Waals surface area contributed by atoms with Gasteiger partial charge in [0.05, 0.1) is 15.5 Å². The lowest BCUT2D eigenvalue weighted by Gasteiger charge is -2.30. The molecule has 2 unspecified atom stereocenters. The predicted molar refractivity (Wildman–Crippen MR) is 77.2 cm³/mol. The van der Waals surface area contributed by atoms with E-state index in [-0.39, 0.29) is 12.0 Å². The van der Waals surface area contributed by atoms with Crippen molar-refractivity contribution >= 4 is 21.6 Å². The zero-order chi connectivity index (χ0) is 16.5. The van der Waals surface area contributed by atoms with Crippen LogP contribution in [0.15, 0.2) is 23.1 Å². The van der Waals surface area contributed by atoms with Gasteiger partial charge in [-0.15, -0.1) is 0 Å². The highest BCUT2D eigenvalue weighted by Crippen LogP contribution is 2.36. The molecule has 1 fully saturated rings. The molecule has 124 valence electrons. The molecular weight excluding hydrogens is 341 g/mol. The van der Waals surface area contributed by atoms with Gasteiger partial charge < -0.3 is 5.32 Å². The van der Waals surface area contributed by atoms with E-state index in [9.17, 15) is 21.6 Å². The van der Waals surface area contributed by atoms with E-state index < -0.39 is 31.7 Å². The fourth-order valence-electron chi connectivity index (χ4n) is 2.35. The number of sulfonamides is 1. The van der Waals surface area contributed by atoms with E-state index in [0.29, 0.717) is 25.6 Å². The first kappa shape index (κ1) is 17.5. The van der Waals surface area contributed by atoms with Crippen molar-refractivity contribution in [3.8, 4) is 0 Å². The van der Waals surface area contributed by atoms with Crippen molar-refractivity contribution in [2.75, 3.05) is 13.1 Å². The molecule has 1 heterocycles. The molecule has 1 aromatic rings. The smallest absolute Gasteiger partial charge is 0.316 e. The van der Waals surface area contributed by atoms with Crippen molar-refractivity contribution in [3.05, 3.63) is 28.8 Å². The van der Waals surface area contributed by atoms with E-state index in [1.165, 1.54) is 0 Å². The Kier molecular flexibility index (Phi) is 5.06. The SMILES string of the molecule is CC1CNCCC1NS(=O)(=O)c1ccc(Cl)c(C(F)(F)F)c1. The number of halogens is 4. The Morgan fingerprint density at radius 3 is 2.64 bits per heavy atom. The maximum Gasteiger partial charge on any atom is 0.417 e. The number of piperidine rings is 1. The van der Waals surface area contributed by atoms with Gasteiger partial charge in [0.2, 0.25) is 10.0 Å². The molecule has 1 saturated heterocycles. The Hall–Kier alpha value is -0.830. The lowest BCUT2D eigenvalue weighted by molar-refractivity contribution is -0.137. The number of rotatable bonds is 3. The molecule has 1 aliphatic heterocycles. The Labute approximate surface area is 132 Å². The van der Waals surface area contributed by atoms with Gasteiger partial charge in [0.25, 0.3) is 0 Å². The topological polar surface area (TPSA) is 58.2 Å². The third kappa shape index (κ3) is 3.92. The summed E-state index contributed by atoms with van der Waals surface area (Å²) in [5, 5.41) is 2.60. The lowest BCUT2D eigenvalue weighted by Crippen LogP contribution is -2.48. The fourth-order valence-corrected chi connectivity index (χ4v) is 3.97. The quantitative estimate of drug-likeness (QED) is 0.875. The normalized spacial score (nSPS) is 23.5. The number of nitrogens with one attached hydrogen (secondary N) is 2. The minimum absolute atomic E-state index is 0.0536. The van der Waals surface area contributed by atoms with Crippen LogP contribution in [0.5, 0.6) is 0 Å². The minimum atomic E-state index is -4.70. The van der Waals surface area contributed by atoms with Crippen LogP contribution in [0.2, 0.25) is 5.02 Å². The van der Waals surface area contributed by atoms with E-state index in [1.807, 2.05) is 6.92 Å². The van der Waals surface area contributed by atoms with E-state index in [4.69, 9.17) is 11.6 Å². The van der Waals surface area contributed by atoms with Crippen molar-refractivity contribution in [3.63, 3.8) is 0 Å². The maximum atomic E-state index is 12.8. The van der Waals surface area contributed by atoms with Crippen LogP contribution in [0.4, 0.5) is 13.2 Å². The van der Waals surface area contributed by atoms with Crippen molar-refractivity contribution in [2.24, 2.45) is 5.92 Å². The van der Waals surface area contributed by atoms with Crippen molar-refractivity contribution in [1.82, 2.24) is 10.0 Å². The summed E-state index contributed by atoms with van der Waals surface area (Å²) in [5.41, 5.74) is -1.16. The van der Waals surface area contributed by atoms with E-state index in [2.05, 4.69) is 10.0 Å². The van der Waals surface area contributed by atoms with Crippen LogP contribution < -0.4 is 10.0 Å². The van der Waals surface area contributed by atoms with Gasteiger partial charge in [-0.25, -0.2) is 13.1 Å². The molecule has 2 atom stereocenters. The molecule has 0 radical (unpaired) electrons. The monoisotopic (exact) mass is 356 g/mol. The van der Waals surface area contributed by atoms with Crippen LogP contribution in [0.1, 0.15) is 18.9 Å². The molecule has 1 aliphatic rings. The molecule has 0 aliphatic carbocycles. The summed E-state index contributed by atoms with van der Waals surface area (Å²) in [6.07, 6.45) is -4.12. The van der Waals surface area contributed by atoms with Gasteiger partial charge in [-0.1, -0.05) is 18.5 Å². The molecule has 2 N–H and O–H groups in total. The summed E-state index contributed by atoms with van der Waals surface area (Å²) < 4.78 is 65.6. The predicted octanol–water partition coefficient (Wildman–Crippen LogP) is 2.64. The van der Waals surface area contributed by atoms with Crippen LogP contribution in [0.25, 0.3) is 0 Å². The molecule has 4 nitrogen and oxygen atoms in total. The standard InChI is InChI=1S/C13H16ClF3N2O2S/c1-8-7-18-5-4-12(8)19-22(20,21)9-2-3-11(14)10(6-9)13(15,16)17/h2-3,6,8,12,18-19H,4-5,7H2,1H3. The van der Waals surface area contributed by atoms with Gasteiger partial charge in [0.1, 0.15) is 0 Å². The zero-order valence-corrected chi connectivity index (χ0v) is 13.3. The Morgan fingerprint density at radius 2 is 2.05 bits per heavy atom. The van der Waals surface area contributed by atoms with Gasteiger partial charge in [0, 0.05) is 6.04 Å². The van der Waals surface area contributed by atoms with Crippen LogP contribution in [0.3, 0.4) is 0 Å². The van der Waals surface area contributed by atoms with E-state index in [0.717, 1.165) is 12.1 Å². The average molecular weight is 357 g/mol. The van der Waals surface area contributed by atoms with Gasteiger partial charge >= 0.3 is 6.18 Å². The molecule has 0 amide bonds. The second kappa shape index (κ2) is 6.35. The van der Waals surface area contributed by atoms with Crippen molar-refractivity contribution < 1.29 is 21.6 Å². The largest absolute Gasteiger partial charge is 0.417 e. The molecule has 22 heavy (non-hydrogen) atoms. The lowest BCUT2D eigenvalue weighted by atomic mass is 9.97. The van der Waals surface area contributed by atoms with E-state index in [1.54, 1.807) is 0 Å². The van der Waals surface area contributed by atoms with Crippen LogP contribution in [-0.4, -0.2) is 27.5 Å². The number of alkyl halides is 3. The summed E-state index contributed by atoms with van der Waals surface area (Å²) in [6, 6.07) is 2.28. The van der Waals surface area contributed by atoms with E-state index >= 15 is 0 Å². The summed E-state index contributed by atoms with van der Waals surface area (Å²) in [5.74, 6) is 0.0536. The van der Waals surface area contributed by atoms with Crippen LogP contribution in [-0.2, 0) is 16.2 Å². The highest BCUT2D eigenvalue weighted by molar-refractivity contribution is 7.89. The van der Waals surface area contributed by atoms with Crippen molar-refractivity contribution in [1.29, 1.82) is 0 Å². The first-order valence-electron chi connectivity index (χ1n) is 6.71. The van der Waals surface area contributed by atoms with Gasteiger partial charge in [-0.3, -0.25) is 0 Å². The van der Waals surface area contributed by atoms with Crippen LogP contribution >= 0.6 is 11.6 Å². The second-order valence-corrected chi connectivity index (χ2v) is 7.46. The summed E-state index contributed by atoms with van der Waals surface area (Å²) in [7, 11) is -4.03. The first-order valence-corrected chi connectivity index (χ1v) is 8.57. The second-order valence-electron chi connectivity index (χ2n) is 5.34. The molecule has 0 bridgehead atoms. The Balaban J connectivity index is 2.30. The summed E-state index contributed by atoms with van der Waals surface area (Å²) in [6.45, 7) is 3.19. The number of benzene rings is 1. The highest BCUT2D eigenvalue weighted by atomic mass is 35.5. The maximum absolute atomic E-state index is 12.8. The third-order valence-electron chi connectivity index (χ3n) is 3.65. The Bertz CT molecular complexity index is 649.